The summed E-state index contributed by atoms with van der Waals surface area (Å²) < 4.78 is 5.94. The van der Waals surface area contributed by atoms with Crippen LogP contribution in [-0.2, 0) is 14.3 Å². The van der Waals surface area contributed by atoms with Crippen LogP contribution in [0, 0.1) is 0 Å². The van der Waals surface area contributed by atoms with Gasteiger partial charge in [-0.2, -0.15) is 0 Å². The fourth-order valence-electron chi connectivity index (χ4n) is 8.56. The van der Waals surface area contributed by atoms with Crippen LogP contribution in [0.4, 0.5) is 0 Å². The van der Waals surface area contributed by atoms with Gasteiger partial charge in [0.1, 0.15) is 6.10 Å². The number of ether oxygens (including phenoxy) is 1. The summed E-state index contributed by atoms with van der Waals surface area (Å²) in [6.07, 6.45) is 60.6. The topological polar surface area (TPSA) is 95.9 Å². The Labute approximate surface area is 392 Å². The molecule has 0 aromatic heterocycles. The van der Waals surface area contributed by atoms with Crippen molar-refractivity contribution in [3.05, 3.63) is 36.5 Å². The SMILES string of the molecule is CC/C=C/C/C=C/C/C=C/CCCCCCC(CC(=O)NC(CO)C(O)CCCCCCCCCCCCCCCCCCC)OC(=O)CCCCCCCCCCCCCCC. The first kappa shape index (κ1) is 61.1. The lowest BCUT2D eigenvalue weighted by Gasteiger charge is -2.24. The number of unbranched alkanes of at least 4 members (excludes halogenated alkanes) is 32. The highest BCUT2D eigenvalue weighted by Gasteiger charge is 2.24. The van der Waals surface area contributed by atoms with E-state index < -0.39 is 18.2 Å². The van der Waals surface area contributed by atoms with E-state index in [0.29, 0.717) is 19.3 Å². The second kappa shape index (κ2) is 51.1. The van der Waals surface area contributed by atoms with Gasteiger partial charge in [0.25, 0.3) is 0 Å². The largest absolute Gasteiger partial charge is 0.462 e. The lowest BCUT2D eigenvalue weighted by Crippen LogP contribution is -2.46. The number of hydrogen-bond donors (Lipinski definition) is 3. The molecule has 63 heavy (non-hydrogen) atoms. The first-order chi connectivity index (χ1) is 31.0. The highest BCUT2D eigenvalue weighted by molar-refractivity contribution is 5.77. The van der Waals surface area contributed by atoms with Crippen LogP contribution in [-0.4, -0.2) is 46.9 Å². The van der Waals surface area contributed by atoms with E-state index in [1.807, 2.05) is 0 Å². The van der Waals surface area contributed by atoms with Crippen LogP contribution < -0.4 is 5.32 Å². The third-order valence-electron chi connectivity index (χ3n) is 12.7. The third-order valence-corrected chi connectivity index (χ3v) is 12.7. The second-order valence-electron chi connectivity index (χ2n) is 19.0. The van der Waals surface area contributed by atoms with Crippen molar-refractivity contribution in [1.82, 2.24) is 5.32 Å². The molecule has 0 spiro atoms. The molecule has 0 heterocycles. The Kier molecular flexibility index (Phi) is 49.5. The molecule has 0 saturated heterocycles. The Morgan fingerprint density at radius 3 is 1.30 bits per heavy atom. The molecule has 6 heteroatoms. The fourth-order valence-corrected chi connectivity index (χ4v) is 8.56. The molecule has 0 aliphatic heterocycles. The van der Waals surface area contributed by atoms with E-state index in [1.54, 1.807) is 0 Å². The van der Waals surface area contributed by atoms with Gasteiger partial charge in [0, 0.05) is 6.42 Å². The standard InChI is InChI=1S/C57H107NO5/c1-4-7-10-13-16-19-22-25-27-28-29-32-34-37-40-43-46-49-55(60)54(52-59)58-56(61)51-53(48-45-42-39-36-33-31-26-23-20-17-14-11-8-5-2)63-57(62)50-47-44-41-38-35-30-24-21-18-15-12-9-6-3/h8,11,17,20,26,31,53-55,59-60H,4-7,9-10,12-16,18-19,21-25,27-30,32-52H2,1-3H3,(H,58,61)/b11-8+,20-17+,31-26+. The van der Waals surface area contributed by atoms with Crippen LogP contribution in [0.2, 0.25) is 0 Å². The van der Waals surface area contributed by atoms with Gasteiger partial charge in [-0.1, -0.05) is 256 Å². The molecule has 0 radical (unpaired) electrons. The Balaban J connectivity index is 4.52. The van der Waals surface area contributed by atoms with Gasteiger partial charge in [-0.05, 0) is 57.8 Å². The minimum atomic E-state index is -0.792. The number of rotatable bonds is 50. The van der Waals surface area contributed by atoms with Crippen molar-refractivity contribution in [2.45, 2.75) is 309 Å². The van der Waals surface area contributed by atoms with E-state index in [9.17, 15) is 19.8 Å². The maximum atomic E-state index is 13.2. The zero-order valence-corrected chi connectivity index (χ0v) is 42.2. The van der Waals surface area contributed by atoms with Crippen molar-refractivity contribution in [2.75, 3.05) is 6.61 Å². The number of aliphatic hydroxyl groups is 2. The maximum Gasteiger partial charge on any atom is 0.306 e. The van der Waals surface area contributed by atoms with Crippen LogP contribution in [0.15, 0.2) is 36.5 Å². The zero-order chi connectivity index (χ0) is 45.9. The van der Waals surface area contributed by atoms with Crippen LogP contribution in [0.25, 0.3) is 0 Å². The third kappa shape index (κ3) is 46.4. The monoisotopic (exact) mass is 886 g/mol. The molecule has 3 atom stereocenters. The zero-order valence-electron chi connectivity index (χ0n) is 42.2. The lowest BCUT2D eigenvalue weighted by molar-refractivity contribution is -0.151. The highest BCUT2D eigenvalue weighted by atomic mass is 16.5. The molecule has 0 rings (SSSR count). The van der Waals surface area contributed by atoms with Crippen molar-refractivity contribution >= 4 is 11.9 Å². The smallest absolute Gasteiger partial charge is 0.306 e. The summed E-state index contributed by atoms with van der Waals surface area (Å²) in [5.74, 6) is -0.483. The fraction of sp³-hybridized carbons (Fsp3) is 0.860. The molecule has 1 amide bonds. The van der Waals surface area contributed by atoms with Crippen molar-refractivity contribution < 1.29 is 24.5 Å². The molecule has 0 aromatic carbocycles. The van der Waals surface area contributed by atoms with E-state index in [1.165, 1.54) is 161 Å². The number of hydrogen-bond acceptors (Lipinski definition) is 5. The average Bonchev–Trinajstić information content (AvgIpc) is 3.28. The normalized spacial score (nSPS) is 13.4. The quantitative estimate of drug-likeness (QED) is 0.0321. The second-order valence-corrected chi connectivity index (χ2v) is 19.0. The molecule has 3 N–H and O–H groups in total. The first-order valence-electron chi connectivity index (χ1n) is 27.7. The number of aliphatic hydroxyl groups excluding tert-OH is 2. The molecule has 370 valence electrons. The molecule has 0 aromatic rings. The van der Waals surface area contributed by atoms with Crippen LogP contribution in [0.3, 0.4) is 0 Å². The van der Waals surface area contributed by atoms with Crippen LogP contribution >= 0.6 is 0 Å². The summed E-state index contributed by atoms with van der Waals surface area (Å²) >= 11 is 0. The summed E-state index contributed by atoms with van der Waals surface area (Å²) in [6, 6.07) is -0.706. The molecule has 0 fully saturated rings. The Morgan fingerprint density at radius 2 is 0.857 bits per heavy atom. The van der Waals surface area contributed by atoms with Gasteiger partial charge in [-0.25, -0.2) is 0 Å². The number of allylic oxidation sites excluding steroid dienone is 6. The van der Waals surface area contributed by atoms with Crippen molar-refractivity contribution in [1.29, 1.82) is 0 Å². The first-order valence-corrected chi connectivity index (χ1v) is 27.7. The van der Waals surface area contributed by atoms with Gasteiger partial charge in [0.15, 0.2) is 0 Å². The molecule has 0 saturated carbocycles. The minimum Gasteiger partial charge on any atom is -0.462 e. The molecule has 0 aliphatic rings. The number of esters is 1. The number of carbonyl (C=O) groups excluding carboxylic acids is 2. The molecule has 0 aliphatic carbocycles. The maximum absolute atomic E-state index is 13.2. The van der Waals surface area contributed by atoms with Gasteiger partial charge in [0.05, 0.1) is 25.2 Å². The van der Waals surface area contributed by atoms with Crippen molar-refractivity contribution in [2.24, 2.45) is 0 Å². The van der Waals surface area contributed by atoms with Crippen LogP contribution in [0.5, 0.6) is 0 Å². The summed E-state index contributed by atoms with van der Waals surface area (Å²) in [4.78, 5) is 26.2. The van der Waals surface area contributed by atoms with Crippen molar-refractivity contribution in [3.8, 4) is 0 Å². The number of carbonyl (C=O) groups is 2. The summed E-state index contributed by atoms with van der Waals surface area (Å²) in [6.45, 7) is 6.39. The highest BCUT2D eigenvalue weighted by Crippen LogP contribution is 2.18. The van der Waals surface area contributed by atoms with Crippen LogP contribution in [0.1, 0.15) is 290 Å². The van der Waals surface area contributed by atoms with Gasteiger partial charge >= 0.3 is 5.97 Å². The van der Waals surface area contributed by atoms with E-state index in [-0.39, 0.29) is 24.9 Å². The molecule has 3 unspecified atom stereocenters. The predicted octanol–water partition coefficient (Wildman–Crippen LogP) is 16.8. The number of nitrogens with one attached hydrogen (secondary N) is 1. The van der Waals surface area contributed by atoms with Gasteiger partial charge in [-0.15, -0.1) is 0 Å². The van der Waals surface area contributed by atoms with E-state index in [0.717, 1.165) is 83.5 Å². The summed E-state index contributed by atoms with van der Waals surface area (Å²) in [5.41, 5.74) is 0. The van der Waals surface area contributed by atoms with E-state index in [2.05, 4.69) is 62.5 Å². The van der Waals surface area contributed by atoms with E-state index in [4.69, 9.17) is 4.74 Å². The van der Waals surface area contributed by atoms with Gasteiger partial charge < -0.3 is 20.3 Å². The Hall–Kier alpha value is -1.92. The minimum absolute atomic E-state index is 0.0666. The molecular weight excluding hydrogens is 779 g/mol. The molecule has 0 bridgehead atoms. The summed E-state index contributed by atoms with van der Waals surface area (Å²) in [7, 11) is 0. The van der Waals surface area contributed by atoms with Crippen molar-refractivity contribution in [3.63, 3.8) is 0 Å². The lowest BCUT2D eigenvalue weighted by atomic mass is 10.0. The van der Waals surface area contributed by atoms with Gasteiger partial charge in [0.2, 0.25) is 5.91 Å². The Bertz CT molecular complexity index is 1040. The van der Waals surface area contributed by atoms with E-state index >= 15 is 0 Å². The summed E-state index contributed by atoms with van der Waals surface area (Å²) in [5, 5.41) is 23.9. The predicted molar refractivity (Wildman–Crippen MR) is 273 cm³/mol. The molecule has 6 nitrogen and oxygen atoms in total. The average molecular weight is 886 g/mol. The molecular formula is C57H107NO5. The number of amides is 1. The Morgan fingerprint density at radius 1 is 0.476 bits per heavy atom. The van der Waals surface area contributed by atoms with Gasteiger partial charge in [-0.3, -0.25) is 9.59 Å².